The first-order valence-corrected chi connectivity index (χ1v) is 16.5. The van der Waals surface area contributed by atoms with Gasteiger partial charge in [0.1, 0.15) is 6.04 Å². The first-order valence-electron chi connectivity index (χ1n) is 16.5. The van der Waals surface area contributed by atoms with Gasteiger partial charge >= 0.3 is 6.03 Å². The fourth-order valence-corrected chi connectivity index (χ4v) is 5.28. The summed E-state index contributed by atoms with van der Waals surface area (Å²) in [4.78, 5) is 39.5. The lowest BCUT2D eigenvalue weighted by Crippen LogP contribution is -2.52. The molecule has 40 heavy (non-hydrogen) atoms. The van der Waals surface area contributed by atoms with Gasteiger partial charge in [0, 0.05) is 13.1 Å². The lowest BCUT2D eigenvalue weighted by molar-refractivity contribution is -0.123. The number of amides is 3. The molecule has 0 rings (SSSR count). The highest BCUT2D eigenvalue weighted by molar-refractivity contribution is 5.87. The van der Waals surface area contributed by atoms with Gasteiger partial charge in [-0.1, -0.05) is 124 Å². The third-order valence-electron chi connectivity index (χ3n) is 7.68. The Labute approximate surface area is 246 Å². The van der Waals surface area contributed by atoms with Crippen molar-refractivity contribution in [3.63, 3.8) is 0 Å². The number of urea groups is 1. The van der Waals surface area contributed by atoms with Crippen LogP contribution in [-0.4, -0.2) is 42.7 Å². The van der Waals surface area contributed by atoms with Crippen LogP contribution in [0.15, 0.2) is 4.99 Å². The molecule has 0 aliphatic carbocycles. The van der Waals surface area contributed by atoms with E-state index in [9.17, 15) is 14.4 Å². The van der Waals surface area contributed by atoms with Crippen LogP contribution in [0.2, 0.25) is 0 Å². The molecule has 0 heterocycles. The van der Waals surface area contributed by atoms with Gasteiger partial charge in [0.2, 0.25) is 12.0 Å². The molecule has 2 atom stereocenters. The molecule has 0 spiro atoms. The van der Waals surface area contributed by atoms with E-state index in [4.69, 9.17) is 0 Å². The van der Waals surface area contributed by atoms with Crippen LogP contribution >= 0.6 is 0 Å². The summed E-state index contributed by atoms with van der Waals surface area (Å²) in [6, 6.07) is -0.882. The van der Waals surface area contributed by atoms with Crippen LogP contribution in [0.25, 0.3) is 0 Å². The first-order chi connectivity index (χ1) is 19.1. The first kappa shape index (κ1) is 38.1. The van der Waals surface area contributed by atoms with Crippen LogP contribution in [0.4, 0.5) is 4.79 Å². The monoisotopic (exact) mass is 564 g/mol. The van der Waals surface area contributed by atoms with Gasteiger partial charge in [-0.15, -0.1) is 0 Å². The van der Waals surface area contributed by atoms with Gasteiger partial charge in [-0.25, -0.2) is 9.59 Å². The normalized spacial score (nSPS) is 13.0. The number of nitrogens with one attached hydrogen (secondary N) is 3. The summed E-state index contributed by atoms with van der Waals surface area (Å²) < 4.78 is 0. The Hall–Kier alpha value is -1.88. The Bertz CT molecular complexity index is 689. The van der Waals surface area contributed by atoms with Gasteiger partial charge in [0.05, 0.1) is 5.54 Å². The largest absolute Gasteiger partial charge is 0.354 e. The Balaban J connectivity index is 3.85. The third kappa shape index (κ3) is 22.9. The smallest absolute Gasteiger partial charge is 0.315 e. The van der Waals surface area contributed by atoms with E-state index in [1.165, 1.54) is 89.9 Å². The van der Waals surface area contributed by atoms with Crippen molar-refractivity contribution in [3.05, 3.63) is 0 Å². The Morgan fingerprint density at radius 2 is 1.20 bits per heavy atom. The van der Waals surface area contributed by atoms with Gasteiger partial charge in [-0.2, -0.15) is 4.99 Å². The fourth-order valence-electron chi connectivity index (χ4n) is 5.28. The predicted molar refractivity (Wildman–Crippen MR) is 168 cm³/mol. The summed E-state index contributed by atoms with van der Waals surface area (Å²) in [7, 11) is 0. The number of aliphatic imine (C=N–C) groups is 1. The number of carbonyl (C=O) groups is 2. The number of carbonyl (C=O) groups excluding carboxylic acids is 3. The molecule has 0 aromatic heterocycles. The van der Waals surface area contributed by atoms with E-state index in [1.54, 1.807) is 6.08 Å². The van der Waals surface area contributed by atoms with Crippen molar-refractivity contribution < 1.29 is 14.4 Å². The van der Waals surface area contributed by atoms with E-state index >= 15 is 0 Å². The molecular weight excluding hydrogens is 500 g/mol. The zero-order valence-electron chi connectivity index (χ0n) is 27.0. The quantitative estimate of drug-likeness (QED) is 0.0560. The standard InChI is InChI=1S/C33H64N4O3/c1-7-8-9-10-11-12-13-14-15-16-17-18-19-20-21-22-24-34-31(39)30(28(2)3)37-32(40)35-25-23-29(4)26-33(5,6)36-27-38/h28-30H,7-26H2,1-6H3,(H,34,39)(H2,35,37,40)/t29?,30-/m0/s1. The molecule has 1 unspecified atom stereocenters. The summed E-state index contributed by atoms with van der Waals surface area (Å²) in [5.74, 6) is 0.168. The van der Waals surface area contributed by atoms with E-state index in [0.717, 1.165) is 25.7 Å². The average Bonchev–Trinajstić information content (AvgIpc) is 2.88. The van der Waals surface area contributed by atoms with Crippen molar-refractivity contribution in [3.8, 4) is 0 Å². The summed E-state index contributed by atoms with van der Waals surface area (Å²) in [5, 5.41) is 8.70. The molecule has 0 aliphatic rings. The lowest BCUT2D eigenvalue weighted by Gasteiger charge is -2.23. The number of nitrogens with zero attached hydrogens (tertiary/aromatic N) is 1. The second-order valence-electron chi connectivity index (χ2n) is 12.8. The fraction of sp³-hybridized carbons (Fsp3) is 0.909. The maximum Gasteiger partial charge on any atom is 0.315 e. The number of rotatable bonds is 26. The zero-order valence-corrected chi connectivity index (χ0v) is 27.0. The van der Waals surface area contributed by atoms with E-state index < -0.39 is 11.6 Å². The van der Waals surface area contributed by atoms with Gasteiger partial charge in [-0.3, -0.25) is 4.79 Å². The zero-order chi connectivity index (χ0) is 30.1. The Morgan fingerprint density at radius 1 is 0.725 bits per heavy atom. The maximum atomic E-state index is 12.7. The van der Waals surface area contributed by atoms with Crippen molar-refractivity contribution in [1.82, 2.24) is 16.0 Å². The SMILES string of the molecule is CCCCCCCCCCCCCCCCCCNC(=O)[C@@H](NC(=O)NCCC(C)CC(C)(C)N=C=O)C(C)C. The minimum absolute atomic E-state index is 0.00234. The Kier molecular flexibility index (Phi) is 23.7. The van der Waals surface area contributed by atoms with E-state index in [0.29, 0.717) is 13.1 Å². The summed E-state index contributed by atoms with van der Waals surface area (Å²) in [5.41, 5.74) is -0.448. The van der Waals surface area contributed by atoms with E-state index in [2.05, 4.69) is 34.8 Å². The van der Waals surface area contributed by atoms with Crippen LogP contribution in [0.3, 0.4) is 0 Å². The van der Waals surface area contributed by atoms with Gasteiger partial charge in [0.15, 0.2) is 0 Å². The van der Waals surface area contributed by atoms with Gasteiger partial charge in [0.25, 0.3) is 0 Å². The van der Waals surface area contributed by atoms with Crippen LogP contribution in [0.1, 0.15) is 157 Å². The summed E-state index contributed by atoms with van der Waals surface area (Å²) in [6.45, 7) is 13.2. The highest BCUT2D eigenvalue weighted by Crippen LogP contribution is 2.21. The summed E-state index contributed by atoms with van der Waals surface area (Å²) in [6.07, 6.45) is 24.4. The minimum atomic E-state index is -0.556. The highest BCUT2D eigenvalue weighted by Gasteiger charge is 2.24. The van der Waals surface area contributed by atoms with Gasteiger partial charge in [-0.05, 0) is 44.9 Å². The second kappa shape index (κ2) is 24.9. The van der Waals surface area contributed by atoms with E-state index in [1.807, 2.05) is 27.7 Å². The van der Waals surface area contributed by atoms with Crippen molar-refractivity contribution >= 4 is 18.0 Å². The minimum Gasteiger partial charge on any atom is -0.354 e. The summed E-state index contributed by atoms with van der Waals surface area (Å²) >= 11 is 0. The molecular formula is C33H64N4O3. The number of unbranched alkanes of at least 4 members (excludes halogenated alkanes) is 15. The molecule has 234 valence electrons. The molecule has 0 aliphatic heterocycles. The molecule has 0 radical (unpaired) electrons. The predicted octanol–water partition coefficient (Wildman–Crippen LogP) is 8.22. The molecule has 3 N–H and O–H groups in total. The van der Waals surface area contributed by atoms with Crippen molar-refractivity contribution in [2.45, 2.75) is 169 Å². The topological polar surface area (TPSA) is 99.7 Å². The molecule has 0 aromatic carbocycles. The Morgan fingerprint density at radius 3 is 1.65 bits per heavy atom. The van der Waals surface area contributed by atoms with Crippen LogP contribution < -0.4 is 16.0 Å². The molecule has 0 saturated heterocycles. The van der Waals surface area contributed by atoms with Crippen LogP contribution in [0.5, 0.6) is 0 Å². The van der Waals surface area contributed by atoms with Crippen molar-refractivity contribution in [1.29, 1.82) is 0 Å². The number of hydrogen-bond acceptors (Lipinski definition) is 4. The highest BCUT2D eigenvalue weighted by atomic mass is 16.2. The van der Waals surface area contributed by atoms with Crippen LogP contribution in [-0.2, 0) is 9.59 Å². The number of hydrogen-bond donors (Lipinski definition) is 3. The second-order valence-corrected chi connectivity index (χ2v) is 12.8. The molecule has 3 amide bonds. The third-order valence-corrected chi connectivity index (χ3v) is 7.68. The molecule has 7 heteroatoms. The molecule has 0 aromatic rings. The van der Waals surface area contributed by atoms with Crippen LogP contribution in [0, 0.1) is 11.8 Å². The number of isocyanates is 1. The van der Waals surface area contributed by atoms with Crippen molar-refractivity contribution in [2.75, 3.05) is 13.1 Å². The molecule has 0 saturated carbocycles. The molecule has 0 fully saturated rings. The lowest BCUT2D eigenvalue weighted by atomic mass is 9.90. The maximum absolute atomic E-state index is 12.7. The average molecular weight is 565 g/mol. The van der Waals surface area contributed by atoms with Crippen molar-refractivity contribution in [2.24, 2.45) is 16.8 Å². The van der Waals surface area contributed by atoms with Gasteiger partial charge < -0.3 is 16.0 Å². The van der Waals surface area contributed by atoms with E-state index in [-0.39, 0.29) is 23.8 Å². The molecule has 0 bridgehead atoms. The molecule has 7 nitrogen and oxygen atoms in total.